The Labute approximate surface area is 470 Å². The Balaban J connectivity index is 0.0000000934. The highest BCUT2D eigenvalue weighted by Crippen LogP contribution is 2.53. The van der Waals surface area contributed by atoms with E-state index in [1.807, 2.05) is 6.07 Å². The summed E-state index contributed by atoms with van der Waals surface area (Å²) in [6, 6.07) is 53.6. The summed E-state index contributed by atoms with van der Waals surface area (Å²) in [4.78, 5) is 54.9. The first-order valence-electron chi connectivity index (χ1n) is 27.8. The molecule has 10 aromatic rings. The number of likely N-dealkylation sites (N-methyl/N-ethyl adjacent to an activating group) is 1. The predicted octanol–water partition coefficient (Wildman–Crippen LogP) is 12.3. The number of nitrogens with zero attached hydrogens (tertiary/aromatic N) is 16. The van der Waals surface area contributed by atoms with Crippen LogP contribution in [0.25, 0.3) is 0 Å². The standard InChI is InChI=1S/C19H16N4.C18H14N4.C15H16N4.C13H12N4/c1-13-6-2-4-8-15(13)22-17-12-14-7-3-5-9-16(14)23(17)19-18(22)20-10-11-21-19;1-2-7-14(8-3-1)21-16-12-13-6-4-5-9-15(13)22(16)18-17(21)19-10-11-20-18;1-10(2)18-13-9-11-5-3-4-6-12(11)19(13)15-14(18)16-7-8-17-15;1-16-11-8-9-4-2-3-5-10(9)17(11)13-12(16)14-6-7-15-13/h2-11,17H,12H2,1H3;1-11,16H,12H2;3-8,10,13H,9H2,1-2H3;2-7,11H,8H2,1H3. The quantitative estimate of drug-likeness (QED) is 0.166. The van der Waals surface area contributed by atoms with Crippen LogP contribution in [0.3, 0.4) is 0 Å². The molecule has 0 spiro atoms. The molecule has 0 N–H and O–H groups in total. The van der Waals surface area contributed by atoms with Crippen LogP contribution in [0.15, 0.2) is 201 Å². The molecule has 8 aliphatic heterocycles. The molecular weight excluding hydrogens is 1000 g/mol. The zero-order chi connectivity index (χ0) is 54.3. The summed E-state index contributed by atoms with van der Waals surface area (Å²) in [6.07, 6.45) is 19.3. The van der Waals surface area contributed by atoms with Crippen molar-refractivity contribution in [3.05, 3.63) is 229 Å². The number of hydrogen-bond donors (Lipinski definition) is 0. The molecule has 0 bridgehead atoms. The summed E-state index contributed by atoms with van der Waals surface area (Å²) in [5.41, 5.74) is 14.2. The third kappa shape index (κ3) is 7.71. The highest BCUT2D eigenvalue weighted by atomic mass is 15.5. The number of rotatable bonds is 3. The molecule has 0 amide bonds. The first-order valence-corrected chi connectivity index (χ1v) is 27.8. The average Bonchev–Trinajstić information content (AvgIpc) is 4.55. The lowest BCUT2D eigenvalue weighted by molar-refractivity contribution is 0.584. The van der Waals surface area contributed by atoms with Gasteiger partial charge in [-0.05, 0) is 91.1 Å². The van der Waals surface area contributed by atoms with E-state index in [-0.39, 0.29) is 12.3 Å². The van der Waals surface area contributed by atoms with Gasteiger partial charge in [0, 0.05) is 122 Å². The van der Waals surface area contributed by atoms with Gasteiger partial charge in [-0.2, -0.15) is 0 Å². The number of benzene rings is 6. The number of anilines is 14. The summed E-state index contributed by atoms with van der Waals surface area (Å²) < 4.78 is 0. The van der Waals surface area contributed by atoms with Crippen LogP contribution in [0.4, 0.5) is 80.7 Å². The largest absolute Gasteiger partial charge is 0.335 e. The van der Waals surface area contributed by atoms with E-state index in [9.17, 15) is 0 Å². The van der Waals surface area contributed by atoms with Gasteiger partial charge in [-0.15, -0.1) is 0 Å². The van der Waals surface area contributed by atoms with Gasteiger partial charge in [-0.1, -0.05) is 109 Å². The fourth-order valence-corrected chi connectivity index (χ4v) is 13.3. The molecule has 8 aliphatic rings. The SMILES string of the molecule is CC(C)N1c2nccnc2N2c3ccccc3CC21.CN1c2nccnc2N2c3ccccc3CC12.Cc1ccccc1N1c2nccnc2N2c3ccccc3CC12.c1ccc(N2c3nccnc3N3c4ccccc4CC23)cc1. The first kappa shape index (κ1) is 48.2. The maximum absolute atomic E-state index is 4.64. The van der Waals surface area contributed by atoms with Crippen molar-refractivity contribution < 1.29 is 0 Å². The van der Waals surface area contributed by atoms with Crippen molar-refractivity contribution in [2.45, 2.75) is 77.2 Å². The molecule has 4 unspecified atom stereocenters. The van der Waals surface area contributed by atoms with Crippen LogP contribution >= 0.6 is 0 Å². The number of hydrogen-bond acceptors (Lipinski definition) is 16. The molecule has 0 aliphatic carbocycles. The Bertz CT molecular complexity index is 3990. The zero-order valence-electron chi connectivity index (χ0n) is 45.4. The van der Waals surface area contributed by atoms with Crippen LogP contribution in [-0.4, -0.2) is 77.6 Å². The molecule has 18 rings (SSSR count). The highest BCUT2D eigenvalue weighted by molar-refractivity contribution is 5.89. The van der Waals surface area contributed by atoms with Crippen LogP contribution < -0.4 is 39.2 Å². The molecule has 16 nitrogen and oxygen atoms in total. The van der Waals surface area contributed by atoms with E-state index in [2.05, 4.69) is 252 Å². The zero-order valence-corrected chi connectivity index (χ0v) is 45.4. The van der Waals surface area contributed by atoms with Gasteiger partial charge in [0.2, 0.25) is 0 Å². The Morgan fingerprint density at radius 3 is 1.10 bits per heavy atom. The Kier molecular flexibility index (Phi) is 11.6. The number of fused-ring (bicyclic) bond motifs is 20. The van der Waals surface area contributed by atoms with Crippen molar-refractivity contribution in [1.29, 1.82) is 0 Å². The van der Waals surface area contributed by atoms with Gasteiger partial charge in [0.25, 0.3) is 0 Å². The molecule has 398 valence electrons. The van der Waals surface area contributed by atoms with Gasteiger partial charge >= 0.3 is 0 Å². The lowest BCUT2D eigenvalue weighted by Gasteiger charge is -2.29. The maximum Gasteiger partial charge on any atom is 0.178 e. The van der Waals surface area contributed by atoms with Crippen LogP contribution in [-0.2, 0) is 25.7 Å². The van der Waals surface area contributed by atoms with E-state index in [0.29, 0.717) is 18.4 Å². The van der Waals surface area contributed by atoms with Crippen molar-refractivity contribution in [3.63, 3.8) is 0 Å². The van der Waals surface area contributed by atoms with Crippen LogP contribution in [0.1, 0.15) is 41.7 Å². The normalized spacial score (nSPS) is 18.8. The average molecular weight is 1060 g/mol. The molecule has 81 heavy (non-hydrogen) atoms. The van der Waals surface area contributed by atoms with Crippen molar-refractivity contribution in [3.8, 4) is 0 Å². The Hall–Kier alpha value is -9.96. The van der Waals surface area contributed by atoms with Crippen LogP contribution in [0.5, 0.6) is 0 Å². The van der Waals surface area contributed by atoms with Gasteiger partial charge in [0.15, 0.2) is 46.5 Å². The topological polar surface area (TPSA) is 129 Å². The van der Waals surface area contributed by atoms with Crippen LogP contribution in [0.2, 0.25) is 0 Å². The first-order chi connectivity index (χ1) is 39.9. The molecule has 0 saturated carbocycles. The van der Waals surface area contributed by atoms with E-state index < -0.39 is 0 Å². The second-order valence-electron chi connectivity index (χ2n) is 21.5. The second-order valence-corrected chi connectivity index (χ2v) is 21.5. The van der Waals surface area contributed by atoms with Gasteiger partial charge in [0.1, 0.15) is 24.7 Å². The summed E-state index contributed by atoms with van der Waals surface area (Å²) in [5, 5.41) is 0. The number of para-hydroxylation sites is 6. The molecule has 6 aromatic carbocycles. The molecule has 12 heterocycles. The monoisotopic (exact) mass is 1060 g/mol. The summed E-state index contributed by atoms with van der Waals surface area (Å²) in [6.45, 7) is 6.58. The van der Waals surface area contributed by atoms with E-state index in [0.717, 1.165) is 77.9 Å². The Morgan fingerprint density at radius 2 is 0.630 bits per heavy atom. The summed E-state index contributed by atoms with van der Waals surface area (Å²) >= 11 is 0. The molecule has 4 atom stereocenters. The van der Waals surface area contributed by atoms with Crippen molar-refractivity contribution in [2.24, 2.45) is 0 Å². The van der Waals surface area contributed by atoms with E-state index >= 15 is 0 Å². The van der Waals surface area contributed by atoms with Crippen molar-refractivity contribution >= 4 is 80.7 Å². The minimum Gasteiger partial charge on any atom is -0.335 e. The molecule has 16 heteroatoms. The summed E-state index contributed by atoms with van der Waals surface area (Å²) in [5.74, 6) is 7.74. The minimum atomic E-state index is 0.214. The van der Waals surface area contributed by atoms with E-state index in [1.165, 1.54) is 56.3 Å². The fraction of sp³-hybridized carbons (Fsp3) is 0.200. The number of aryl methyl sites for hydroxylation is 1. The van der Waals surface area contributed by atoms with E-state index in [4.69, 9.17) is 0 Å². The number of aromatic nitrogens is 8. The van der Waals surface area contributed by atoms with E-state index in [1.54, 1.807) is 49.6 Å². The van der Waals surface area contributed by atoms with Crippen molar-refractivity contribution in [1.82, 2.24) is 39.9 Å². The lowest BCUT2D eigenvalue weighted by atomic mass is 10.1. The van der Waals surface area contributed by atoms with Gasteiger partial charge < -0.3 is 39.2 Å². The highest BCUT2D eigenvalue weighted by Gasteiger charge is 2.48. The molecule has 0 fully saturated rings. The van der Waals surface area contributed by atoms with Crippen molar-refractivity contribution in [2.75, 3.05) is 46.2 Å². The third-order valence-corrected chi connectivity index (χ3v) is 16.7. The summed E-state index contributed by atoms with van der Waals surface area (Å²) in [7, 11) is 2.09. The van der Waals surface area contributed by atoms with Crippen LogP contribution in [0, 0.1) is 6.92 Å². The third-order valence-electron chi connectivity index (χ3n) is 16.7. The molecule has 4 aromatic heterocycles. The molecule has 0 saturated heterocycles. The van der Waals surface area contributed by atoms with Gasteiger partial charge in [0.05, 0.1) is 0 Å². The predicted molar refractivity (Wildman–Crippen MR) is 320 cm³/mol. The van der Waals surface area contributed by atoms with Gasteiger partial charge in [-0.25, -0.2) is 39.9 Å². The maximum atomic E-state index is 4.64. The van der Waals surface area contributed by atoms with Gasteiger partial charge in [-0.3, -0.25) is 0 Å². The minimum absolute atomic E-state index is 0.214. The smallest absolute Gasteiger partial charge is 0.178 e. The molecule has 0 radical (unpaired) electrons. The second kappa shape index (κ2) is 19.4. The molecular formula is C65H58N16. The fourth-order valence-electron chi connectivity index (χ4n) is 13.3. The Morgan fingerprint density at radius 1 is 0.321 bits per heavy atom. The lowest BCUT2D eigenvalue weighted by Crippen LogP contribution is -2.43.